The van der Waals surface area contributed by atoms with Gasteiger partial charge >= 0.3 is 0 Å². The van der Waals surface area contributed by atoms with Crippen molar-refractivity contribution in [1.29, 1.82) is 0 Å². The molecule has 1 atom stereocenters. The third kappa shape index (κ3) is 3.72. The van der Waals surface area contributed by atoms with Crippen LogP contribution in [0.2, 0.25) is 0 Å². The highest BCUT2D eigenvalue weighted by atomic mass is 16.3. The molecule has 154 valence electrons. The van der Waals surface area contributed by atoms with Gasteiger partial charge in [0.15, 0.2) is 0 Å². The normalized spacial score (nSPS) is 15.7. The van der Waals surface area contributed by atoms with Gasteiger partial charge in [0.05, 0.1) is 6.04 Å². The maximum absolute atomic E-state index is 12.4. The van der Waals surface area contributed by atoms with E-state index < -0.39 is 5.60 Å². The van der Waals surface area contributed by atoms with Crippen LogP contribution in [0.5, 0.6) is 0 Å². The molecule has 1 amide bonds. The molecule has 3 aromatic rings. The van der Waals surface area contributed by atoms with Gasteiger partial charge in [-0.2, -0.15) is 0 Å². The standard InChI is InChI=1S/C24H26N4O2/c1-25-23(29)19-10-8-18(9-11-19)22(28-14-2-3-15-28)24(30,20-6-4-12-26-16-20)21-7-5-13-27-17-21/h4-13,16-17,22,30H,2-3,14-15H2,1H3,(H,25,29). The number of rotatable bonds is 6. The first-order valence-corrected chi connectivity index (χ1v) is 10.2. The Kier molecular flexibility index (Phi) is 5.88. The number of nitrogens with zero attached hydrogens (tertiary/aromatic N) is 3. The number of aliphatic hydroxyl groups is 1. The van der Waals surface area contributed by atoms with Crippen molar-refractivity contribution in [3.8, 4) is 0 Å². The van der Waals surface area contributed by atoms with Gasteiger partial charge < -0.3 is 10.4 Å². The van der Waals surface area contributed by atoms with Gasteiger partial charge in [0.1, 0.15) is 5.60 Å². The minimum absolute atomic E-state index is 0.131. The van der Waals surface area contributed by atoms with Gasteiger partial charge in [-0.05, 0) is 55.8 Å². The fourth-order valence-corrected chi connectivity index (χ4v) is 4.34. The molecule has 1 aromatic carbocycles. The Balaban J connectivity index is 1.88. The lowest BCUT2D eigenvalue weighted by atomic mass is 9.77. The molecule has 1 unspecified atom stereocenters. The molecule has 4 rings (SSSR count). The molecule has 6 nitrogen and oxygen atoms in total. The predicted octanol–water partition coefficient (Wildman–Crippen LogP) is 2.91. The molecule has 2 N–H and O–H groups in total. The zero-order chi connectivity index (χ0) is 21.0. The first-order chi connectivity index (χ1) is 14.6. The molecule has 3 heterocycles. The Labute approximate surface area is 176 Å². The molecule has 1 fully saturated rings. The van der Waals surface area contributed by atoms with E-state index in [0.717, 1.165) is 31.5 Å². The third-order valence-electron chi connectivity index (χ3n) is 5.82. The summed E-state index contributed by atoms with van der Waals surface area (Å²) in [6.07, 6.45) is 9.02. The first kappa shape index (κ1) is 20.2. The molecule has 0 radical (unpaired) electrons. The highest BCUT2D eigenvalue weighted by Crippen LogP contribution is 2.45. The van der Waals surface area contributed by atoms with Crippen LogP contribution in [0, 0.1) is 0 Å². The molecule has 0 bridgehead atoms. The number of carbonyl (C=O) groups excluding carboxylic acids is 1. The van der Waals surface area contributed by atoms with E-state index in [1.165, 1.54) is 0 Å². The molecule has 1 aliphatic rings. The van der Waals surface area contributed by atoms with Crippen LogP contribution in [0.3, 0.4) is 0 Å². The van der Waals surface area contributed by atoms with Crippen molar-refractivity contribution >= 4 is 5.91 Å². The van der Waals surface area contributed by atoms with E-state index in [1.54, 1.807) is 31.8 Å². The summed E-state index contributed by atoms with van der Waals surface area (Å²) in [6.45, 7) is 1.79. The molecule has 1 saturated heterocycles. The smallest absolute Gasteiger partial charge is 0.251 e. The summed E-state index contributed by atoms with van der Waals surface area (Å²) in [4.78, 5) is 22.9. The zero-order valence-electron chi connectivity index (χ0n) is 17.0. The topological polar surface area (TPSA) is 78.4 Å². The summed E-state index contributed by atoms with van der Waals surface area (Å²) in [5.41, 5.74) is 1.62. The van der Waals surface area contributed by atoms with Crippen LogP contribution in [0.25, 0.3) is 0 Å². The van der Waals surface area contributed by atoms with E-state index >= 15 is 0 Å². The van der Waals surface area contributed by atoms with Gasteiger partial charge in [-0.3, -0.25) is 19.7 Å². The summed E-state index contributed by atoms with van der Waals surface area (Å²) >= 11 is 0. The van der Waals surface area contributed by atoms with Crippen molar-refractivity contribution in [2.75, 3.05) is 20.1 Å². The van der Waals surface area contributed by atoms with Crippen LogP contribution in [-0.2, 0) is 5.60 Å². The van der Waals surface area contributed by atoms with Gasteiger partial charge in [-0.25, -0.2) is 0 Å². The summed E-state index contributed by atoms with van der Waals surface area (Å²) < 4.78 is 0. The molecule has 6 heteroatoms. The van der Waals surface area contributed by atoms with Gasteiger partial charge in [0.2, 0.25) is 0 Å². The average Bonchev–Trinajstić information content (AvgIpc) is 3.34. The highest BCUT2D eigenvalue weighted by molar-refractivity contribution is 5.93. The van der Waals surface area contributed by atoms with Crippen molar-refractivity contribution < 1.29 is 9.90 Å². The number of amides is 1. The number of pyridine rings is 2. The Bertz CT molecular complexity index is 932. The molecule has 0 aliphatic carbocycles. The van der Waals surface area contributed by atoms with Crippen LogP contribution in [0.15, 0.2) is 73.3 Å². The van der Waals surface area contributed by atoms with Crippen LogP contribution < -0.4 is 5.32 Å². The molecular weight excluding hydrogens is 376 g/mol. The number of benzene rings is 1. The van der Waals surface area contributed by atoms with Crippen LogP contribution >= 0.6 is 0 Å². The van der Waals surface area contributed by atoms with Gasteiger partial charge in [0.25, 0.3) is 5.91 Å². The minimum Gasteiger partial charge on any atom is -0.378 e. The second-order valence-electron chi connectivity index (χ2n) is 7.60. The quantitative estimate of drug-likeness (QED) is 0.663. The molecule has 1 aliphatic heterocycles. The predicted molar refractivity (Wildman–Crippen MR) is 115 cm³/mol. The largest absolute Gasteiger partial charge is 0.378 e. The first-order valence-electron chi connectivity index (χ1n) is 10.2. The molecule has 30 heavy (non-hydrogen) atoms. The third-order valence-corrected chi connectivity index (χ3v) is 5.82. The van der Waals surface area contributed by atoms with Crippen LogP contribution in [-0.4, -0.2) is 46.0 Å². The van der Waals surface area contributed by atoms with E-state index in [1.807, 2.05) is 48.5 Å². The van der Waals surface area contributed by atoms with Crippen molar-refractivity contribution in [1.82, 2.24) is 20.2 Å². The van der Waals surface area contributed by atoms with Crippen LogP contribution in [0.1, 0.15) is 45.9 Å². The lowest BCUT2D eigenvalue weighted by molar-refractivity contribution is -0.0152. The zero-order valence-corrected chi connectivity index (χ0v) is 17.0. The summed E-state index contributed by atoms with van der Waals surface area (Å²) in [5.74, 6) is -0.131. The van der Waals surface area contributed by atoms with E-state index in [2.05, 4.69) is 20.2 Å². The molecule has 0 saturated carbocycles. The molecular formula is C24H26N4O2. The summed E-state index contributed by atoms with van der Waals surface area (Å²) in [7, 11) is 1.62. The van der Waals surface area contributed by atoms with E-state index in [-0.39, 0.29) is 11.9 Å². The SMILES string of the molecule is CNC(=O)c1ccc(C(N2CCCC2)C(O)(c2cccnc2)c2cccnc2)cc1. The van der Waals surface area contributed by atoms with Crippen molar-refractivity contribution in [2.45, 2.75) is 24.5 Å². The number of aromatic nitrogens is 2. The van der Waals surface area contributed by atoms with E-state index in [0.29, 0.717) is 16.7 Å². The van der Waals surface area contributed by atoms with Crippen molar-refractivity contribution in [2.24, 2.45) is 0 Å². The monoisotopic (exact) mass is 402 g/mol. The Morgan fingerprint density at radius 3 is 2.03 bits per heavy atom. The number of hydrogen-bond donors (Lipinski definition) is 2. The fraction of sp³-hybridized carbons (Fsp3) is 0.292. The Hall–Kier alpha value is -3.09. The van der Waals surface area contributed by atoms with Gasteiger partial charge in [-0.15, -0.1) is 0 Å². The minimum atomic E-state index is -1.35. The maximum Gasteiger partial charge on any atom is 0.251 e. The second-order valence-corrected chi connectivity index (χ2v) is 7.60. The fourth-order valence-electron chi connectivity index (χ4n) is 4.34. The number of likely N-dealkylation sites (tertiary alicyclic amines) is 1. The lowest BCUT2D eigenvalue weighted by Crippen LogP contribution is -2.44. The van der Waals surface area contributed by atoms with Gasteiger partial charge in [-0.1, -0.05) is 24.3 Å². The van der Waals surface area contributed by atoms with E-state index in [9.17, 15) is 9.90 Å². The molecule has 0 spiro atoms. The second kappa shape index (κ2) is 8.73. The molecule has 2 aromatic heterocycles. The highest BCUT2D eigenvalue weighted by Gasteiger charge is 2.45. The van der Waals surface area contributed by atoms with Crippen molar-refractivity contribution in [3.63, 3.8) is 0 Å². The van der Waals surface area contributed by atoms with E-state index in [4.69, 9.17) is 0 Å². The van der Waals surface area contributed by atoms with Crippen molar-refractivity contribution in [3.05, 3.63) is 95.6 Å². The van der Waals surface area contributed by atoms with Crippen LogP contribution in [0.4, 0.5) is 0 Å². The number of nitrogens with one attached hydrogen (secondary N) is 1. The number of carbonyl (C=O) groups is 1. The average molecular weight is 402 g/mol. The summed E-state index contributed by atoms with van der Waals surface area (Å²) in [6, 6.07) is 14.6. The number of hydrogen-bond acceptors (Lipinski definition) is 5. The Morgan fingerprint density at radius 2 is 1.57 bits per heavy atom. The maximum atomic E-state index is 12.4. The lowest BCUT2D eigenvalue weighted by Gasteiger charge is -2.42. The van der Waals surface area contributed by atoms with Gasteiger partial charge in [0, 0.05) is 48.5 Å². The summed E-state index contributed by atoms with van der Waals surface area (Å²) in [5, 5.41) is 15.0. The Morgan fingerprint density at radius 1 is 1.00 bits per heavy atom.